The Bertz CT molecular complexity index is 435. The van der Waals surface area contributed by atoms with Gasteiger partial charge in [-0.25, -0.2) is 0 Å². The molecule has 0 bridgehead atoms. The second-order valence-electron chi connectivity index (χ2n) is 3.31. The molecule has 0 saturated heterocycles. The lowest BCUT2D eigenvalue weighted by Crippen LogP contribution is -2.16. The van der Waals surface area contributed by atoms with Crippen molar-refractivity contribution < 1.29 is 4.42 Å². The van der Waals surface area contributed by atoms with Crippen molar-refractivity contribution in [3.05, 3.63) is 44.4 Å². The van der Waals surface area contributed by atoms with Gasteiger partial charge < -0.3 is 9.73 Å². The van der Waals surface area contributed by atoms with Crippen LogP contribution in [0.15, 0.2) is 33.4 Å². The number of halogens is 1. The zero-order valence-corrected chi connectivity index (χ0v) is 11.0. The van der Waals surface area contributed by atoms with Gasteiger partial charge in [-0.15, -0.1) is 11.3 Å². The first-order valence-corrected chi connectivity index (χ1v) is 6.30. The molecule has 2 rings (SSSR count). The topological polar surface area (TPSA) is 25.2 Å². The third kappa shape index (κ3) is 2.17. The van der Waals surface area contributed by atoms with Gasteiger partial charge in [0.1, 0.15) is 11.8 Å². The number of aryl methyl sites for hydroxylation is 1. The number of thiophene rings is 1. The summed E-state index contributed by atoms with van der Waals surface area (Å²) in [5, 5.41) is 3.26. The van der Waals surface area contributed by atoms with Crippen LogP contribution < -0.4 is 5.32 Å². The van der Waals surface area contributed by atoms with Gasteiger partial charge in [0.25, 0.3) is 0 Å². The second kappa shape index (κ2) is 4.51. The molecule has 4 heteroatoms. The predicted octanol–water partition coefficient (Wildman–Crippen LogP) is 3.72. The zero-order valence-electron chi connectivity index (χ0n) is 8.58. The minimum atomic E-state index is 0.132. The van der Waals surface area contributed by atoms with Crippen molar-refractivity contribution in [3.8, 4) is 0 Å². The summed E-state index contributed by atoms with van der Waals surface area (Å²) >= 11 is 5.35. The van der Waals surface area contributed by atoms with Crippen LogP contribution in [-0.4, -0.2) is 7.05 Å². The van der Waals surface area contributed by atoms with Crippen LogP contribution in [0, 0.1) is 6.92 Å². The average Bonchev–Trinajstić information content (AvgIpc) is 2.79. The summed E-state index contributed by atoms with van der Waals surface area (Å²) in [7, 11) is 1.94. The highest BCUT2D eigenvalue weighted by atomic mass is 79.9. The van der Waals surface area contributed by atoms with Crippen LogP contribution in [0.25, 0.3) is 0 Å². The van der Waals surface area contributed by atoms with Gasteiger partial charge in [-0.2, -0.15) is 0 Å². The summed E-state index contributed by atoms with van der Waals surface area (Å²) in [4.78, 5) is 2.55. The monoisotopic (exact) mass is 285 g/mol. The lowest BCUT2D eigenvalue weighted by Gasteiger charge is -2.12. The van der Waals surface area contributed by atoms with Crippen LogP contribution in [0.3, 0.4) is 0 Å². The molecule has 0 saturated carbocycles. The van der Waals surface area contributed by atoms with E-state index in [0.29, 0.717) is 0 Å². The lowest BCUT2D eigenvalue weighted by atomic mass is 10.2. The molecule has 0 amide bonds. The Balaban J connectivity index is 2.39. The van der Waals surface area contributed by atoms with E-state index in [0.717, 1.165) is 10.2 Å². The van der Waals surface area contributed by atoms with Gasteiger partial charge in [0.05, 0.1) is 6.26 Å². The van der Waals surface area contributed by atoms with E-state index < -0.39 is 0 Å². The highest BCUT2D eigenvalue weighted by Gasteiger charge is 2.19. The molecular formula is C11H12BrNOS. The van der Waals surface area contributed by atoms with Gasteiger partial charge in [0.15, 0.2) is 0 Å². The summed E-state index contributed by atoms with van der Waals surface area (Å²) in [6, 6.07) is 6.16. The summed E-state index contributed by atoms with van der Waals surface area (Å²) in [5.41, 5.74) is 0. The SMILES string of the molecule is CNC(c1ccco1)c1sc(C)cc1Br. The van der Waals surface area contributed by atoms with Crippen molar-refractivity contribution in [2.75, 3.05) is 7.05 Å². The third-order valence-corrected chi connectivity index (χ3v) is 4.25. The maximum Gasteiger partial charge on any atom is 0.126 e. The maximum absolute atomic E-state index is 5.43. The van der Waals surface area contributed by atoms with E-state index in [-0.39, 0.29) is 6.04 Å². The zero-order chi connectivity index (χ0) is 10.8. The maximum atomic E-state index is 5.43. The highest BCUT2D eigenvalue weighted by Crippen LogP contribution is 2.35. The van der Waals surface area contributed by atoms with Crippen LogP contribution in [0.4, 0.5) is 0 Å². The quantitative estimate of drug-likeness (QED) is 0.930. The van der Waals surface area contributed by atoms with Crippen molar-refractivity contribution in [2.24, 2.45) is 0 Å². The van der Waals surface area contributed by atoms with Gasteiger partial charge in [0, 0.05) is 14.2 Å². The Morgan fingerprint density at radius 2 is 2.33 bits per heavy atom. The first kappa shape index (κ1) is 10.9. The molecule has 1 atom stereocenters. The second-order valence-corrected chi connectivity index (χ2v) is 5.45. The minimum Gasteiger partial charge on any atom is -0.467 e. The van der Waals surface area contributed by atoms with Crippen LogP contribution in [-0.2, 0) is 0 Å². The van der Waals surface area contributed by atoms with E-state index in [9.17, 15) is 0 Å². The summed E-state index contributed by atoms with van der Waals surface area (Å²) in [6.07, 6.45) is 1.70. The average molecular weight is 286 g/mol. The van der Waals surface area contributed by atoms with Crippen molar-refractivity contribution >= 4 is 27.3 Å². The molecular weight excluding hydrogens is 274 g/mol. The molecule has 0 fully saturated rings. The normalized spacial score (nSPS) is 13.0. The van der Waals surface area contributed by atoms with Gasteiger partial charge in [-0.1, -0.05) is 0 Å². The molecule has 2 nitrogen and oxygen atoms in total. The Labute approximate surface area is 101 Å². The number of furan rings is 1. The largest absolute Gasteiger partial charge is 0.467 e. The molecule has 2 aromatic heterocycles. The molecule has 15 heavy (non-hydrogen) atoms. The summed E-state index contributed by atoms with van der Waals surface area (Å²) in [5.74, 6) is 0.944. The fraction of sp³-hybridized carbons (Fsp3) is 0.273. The van der Waals surface area contributed by atoms with E-state index in [1.54, 1.807) is 17.6 Å². The van der Waals surface area contributed by atoms with Crippen molar-refractivity contribution in [1.29, 1.82) is 0 Å². The van der Waals surface area contributed by atoms with Crippen LogP contribution in [0.2, 0.25) is 0 Å². The number of rotatable bonds is 3. The predicted molar refractivity (Wildman–Crippen MR) is 66.4 cm³/mol. The van der Waals surface area contributed by atoms with Gasteiger partial charge >= 0.3 is 0 Å². The molecule has 2 aromatic rings. The molecule has 0 aromatic carbocycles. The van der Waals surface area contributed by atoms with E-state index in [2.05, 4.69) is 34.2 Å². The minimum absolute atomic E-state index is 0.132. The lowest BCUT2D eigenvalue weighted by molar-refractivity contribution is 0.466. The third-order valence-electron chi connectivity index (χ3n) is 2.21. The van der Waals surface area contributed by atoms with Crippen molar-refractivity contribution in [2.45, 2.75) is 13.0 Å². The Hall–Kier alpha value is -0.580. The van der Waals surface area contributed by atoms with Crippen molar-refractivity contribution in [3.63, 3.8) is 0 Å². The molecule has 0 aliphatic rings. The molecule has 0 aliphatic carbocycles. The van der Waals surface area contributed by atoms with E-state index in [1.807, 2.05) is 19.2 Å². The van der Waals surface area contributed by atoms with Crippen LogP contribution >= 0.6 is 27.3 Å². The van der Waals surface area contributed by atoms with Crippen LogP contribution in [0.1, 0.15) is 21.6 Å². The molecule has 2 heterocycles. The fourth-order valence-electron chi connectivity index (χ4n) is 1.56. The summed E-state index contributed by atoms with van der Waals surface area (Å²) in [6.45, 7) is 2.10. The Kier molecular flexibility index (Phi) is 3.29. The van der Waals surface area contributed by atoms with E-state index >= 15 is 0 Å². The van der Waals surface area contributed by atoms with Gasteiger partial charge in [-0.3, -0.25) is 0 Å². The standard InChI is InChI=1S/C11H12BrNOS/c1-7-6-8(12)11(15-7)10(13-2)9-4-3-5-14-9/h3-6,10,13H,1-2H3. The van der Waals surface area contributed by atoms with Crippen molar-refractivity contribution in [1.82, 2.24) is 5.32 Å². The molecule has 0 aliphatic heterocycles. The first-order valence-electron chi connectivity index (χ1n) is 4.69. The number of nitrogens with one attached hydrogen (secondary N) is 1. The molecule has 0 radical (unpaired) electrons. The molecule has 80 valence electrons. The number of hydrogen-bond acceptors (Lipinski definition) is 3. The Morgan fingerprint density at radius 3 is 2.80 bits per heavy atom. The molecule has 1 N–H and O–H groups in total. The smallest absolute Gasteiger partial charge is 0.126 e. The van der Waals surface area contributed by atoms with Gasteiger partial charge in [-0.05, 0) is 48.1 Å². The van der Waals surface area contributed by atoms with Crippen LogP contribution in [0.5, 0.6) is 0 Å². The molecule has 1 unspecified atom stereocenters. The first-order chi connectivity index (χ1) is 7.22. The Morgan fingerprint density at radius 1 is 1.53 bits per heavy atom. The number of hydrogen-bond donors (Lipinski definition) is 1. The van der Waals surface area contributed by atoms with Gasteiger partial charge in [0.2, 0.25) is 0 Å². The fourth-order valence-corrected chi connectivity index (χ4v) is 3.55. The van der Waals surface area contributed by atoms with E-state index in [4.69, 9.17) is 4.42 Å². The molecule has 0 spiro atoms. The highest BCUT2D eigenvalue weighted by molar-refractivity contribution is 9.10. The summed E-state index contributed by atoms with van der Waals surface area (Å²) < 4.78 is 6.57. The van der Waals surface area contributed by atoms with E-state index in [1.165, 1.54) is 9.75 Å².